The second-order valence-electron chi connectivity index (χ2n) is 5.23. The first-order valence-corrected chi connectivity index (χ1v) is 5.17. The first-order valence-electron chi connectivity index (χ1n) is 5.17. The van der Waals surface area contributed by atoms with Gasteiger partial charge in [0, 0.05) is 13.5 Å². The lowest BCUT2D eigenvalue weighted by Crippen LogP contribution is -2.50. The SMILES string of the molecule is CN1C(=O)CCC1(C)C(=O)OC(C)(C)C. The molecule has 0 saturated carbocycles. The summed E-state index contributed by atoms with van der Waals surface area (Å²) in [5.41, 5.74) is -1.29. The molecule has 0 spiro atoms. The fourth-order valence-corrected chi connectivity index (χ4v) is 1.59. The van der Waals surface area contributed by atoms with Crippen LogP contribution in [0.15, 0.2) is 0 Å². The summed E-state index contributed by atoms with van der Waals surface area (Å²) in [5.74, 6) is -0.313. The van der Waals surface area contributed by atoms with Crippen molar-refractivity contribution in [2.45, 2.75) is 51.7 Å². The van der Waals surface area contributed by atoms with Gasteiger partial charge in [-0.1, -0.05) is 0 Å². The van der Waals surface area contributed by atoms with E-state index in [-0.39, 0.29) is 11.9 Å². The van der Waals surface area contributed by atoms with Crippen molar-refractivity contribution in [3.05, 3.63) is 0 Å². The summed E-state index contributed by atoms with van der Waals surface area (Å²) in [6.45, 7) is 7.23. The Bertz CT molecular complexity index is 293. The van der Waals surface area contributed by atoms with Crippen molar-refractivity contribution >= 4 is 11.9 Å². The highest BCUT2D eigenvalue weighted by Gasteiger charge is 2.47. The van der Waals surface area contributed by atoms with E-state index in [2.05, 4.69) is 0 Å². The molecule has 1 atom stereocenters. The van der Waals surface area contributed by atoms with Gasteiger partial charge in [-0.2, -0.15) is 0 Å². The van der Waals surface area contributed by atoms with Gasteiger partial charge in [-0.05, 0) is 34.1 Å². The normalized spacial score (nSPS) is 27.0. The van der Waals surface area contributed by atoms with Gasteiger partial charge in [0.25, 0.3) is 0 Å². The Morgan fingerprint density at radius 3 is 2.33 bits per heavy atom. The van der Waals surface area contributed by atoms with Gasteiger partial charge in [0.15, 0.2) is 0 Å². The highest BCUT2D eigenvalue weighted by molar-refractivity contribution is 5.91. The number of carbonyl (C=O) groups excluding carboxylic acids is 2. The minimum absolute atomic E-state index is 0.00311. The molecule has 1 heterocycles. The van der Waals surface area contributed by atoms with E-state index in [0.717, 1.165) is 0 Å². The zero-order chi connectivity index (χ0) is 11.9. The number of likely N-dealkylation sites (N-methyl/N-ethyl adjacent to an activating group) is 1. The van der Waals surface area contributed by atoms with E-state index in [1.807, 2.05) is 20.8 Å². The van der Waals surface area contributed by atoms with Crippen molar-refractivity contribution in [2.75, 3.05) is 7.05 Å². The number of amides is 1. The third-order valence-corrected chi connectivity index (χ3v) is 2.78. The standard InChI is InChI=1S/C11H19NO3/c1-10(2,3)15-9(14)11(4)7-6-8(13)12(11)5/h6-7H2,1-5H3. The van der Waals surface area contributed by atoms with Crippen molar-refractivity contribution in [1.82, 2.24) is 4.90 Å². The lowest BCUT2D eigenvalue weighted by atomic mass is 9.99. The number of hydrogen-bond donors (Lipinski definition) is 0. The molecule has 0 aromatic heterocycles. The first-order chi connectivity index (χ1) is 6.67. The Balaban J connectivity index is 2.79. The first kappa shape index (κ1) is 12.0. The van der Waals surface area contributed by atoms with Gasteiger partial charge in [0.1, 0.15) is 11.1 Å². The zero-order valence-corrected chi connectivity index (χ0v) is 10.1. The number of rotatable bonds is 1. The maximum atomic E-state index is 11.9. The Labute approximate surface area is 90.6 Å². The van der Waals surface area contributed by atoms with Crippen LogP contribution >= 0.6 is 0 Å². The van der Waals surface area contributed by atoms with Crippen LogP contribution in [-0.2, 0) is 14.3 Å². The Morgan fingerprint density at radius 1 is 1.47 bits per heavy atom. The molecule has 0 radical (unpaired) electrons. The van der Waals surface area contributed by atoms with E-state index in [1.54, 1.807) is 14.0 Å². The van der Waals surface area contributed by atoms with E-state index in [1.165, 1.54) is 4.90 Å². The van der Waals surface area contributed by atoms with Gasteiger partial charge in [0.05, 0.1) is 0 Å². The molecule has 0 aliphatic carbocycles. The lowest BCUT2D eigenvalue weighted by Gasteiger charge is -2.33. The lowest BCUT2D eigenvalue weighted by molar-refractivity contribution is -0.168. The van der Waals surface area contributed by atoms with Crippen molar-refractivity contribution in [2.24, 2.45) is 0 Å². The molecule has 1 rings (SSSR count). The fourth-order valence-electron chi connectivity index (χ4n) is 1.59. The third-order valence-electron chi connectivity index (χ3n) is 2.78. The summed E-state index contributed by atoms with van der Waals surface area (Å²) in [6.07, 6.45) is 0.962. The summed E-state index contributed by atoms with van der Waals surface area (Å²) in [6, 6.07) is 0. The molecule has 0 bridgehead atoms. The Kier molecular flexibility index (Phi) is 2.81. The molecule has 86 valence electrons. The molecule has 1 fully saturated rings. The highest BCUT2D eigenvalue weighted by Crippen LogP contribution is 2.30. The fraction of sp³-hybridized carbons (Fsp3) is 0.818. The van der Waals surface area contributed by atoms with E-state index < -0.39 is 11.1 Å². The van der Waals surface area contributed by atoms with Crippen molar-refractivity contribution < 1.29 is 14.3 Å². The summed E-state index contributed by atoms with van der Waals surface area (Å²) < 4.78 is 5.31. The molecule has 4 nitrogen and oxygen atoms in total. The number of nitrogens with zero attached hydrogens (tertiary/aromatic N) is 1. The van der Waals surface area contributed by atoms with Crippen LogP contribution in [0.5, 0.6) is 0 Å². The van der Waals surface area contributed by atoms with Crippen LogP contribution in [0.2, 0.25) is 0 Å². The minimum atomic E-state index is -0.787. The number of hydrogen-bond acceptors (Lipinski definition) is 3. The van der Waals surface area contributed by atoms with Gasteiger partial charge in [-0.15, -0.1) is 0 Å². The summed E-state index contributed by atoms with van der Waals surface area (Å²) in [5, 5.41) is 0. The molecule has 1 aliphatic rings. The molecule has 0 aromatic carbocycles. The van der Waals surface area contributed by atoms with E-state index in [4.69, 9.17) is 4.74 Å². The maximum Gasteiger partial charge on any atom is 0.332 e. The van der Waals surface area contributed by atoms with Crippen molar-refractivity contribution in [3.63, 3.8) is 0 Å². The largest absolute Gasteiger partial charge is 0.458 e. The molecule has 1 saturated heterocycles. The molecular weight excluding hydrogens is 194 g/mol. The molecule has 4 heteroatoms. The molecule has 0 N–H and O–H groups in total. The van der Waals surface area contributed by atoms with Crippen LogP contribution in [0, 0.1) is 0 Å². The Hall–Kier alpha value is -1.06. The van der Waals surface area contributed by atoms with E-state index in [9.17, 15) is 9.59 Å². The predicted molar refractivity (Wildman–Crippen MR) is 56.3 cm³/mol. The number of carbonyl (C=O) groups is 2. The van der Waals surface area contributed by atoms with Crippen LogP contribution in [-0.4, -0.2) is 35.0 Å². The maximum absolute atomic E-state index is 11.9. The van der Waals surface area contributed by atoms with Crippen LogP contribution in [0.3, 0.4) is 0 Å². The quantitative estimate of drug-likeness (QED) is 0.617. The monoisotopic (exact) mass is 213 g/mol. The van der Waals surface area contributed by atoms with Crippen molar-refractivity contribution in [1.29, 1.82) is 0 Å². The molecule has 1 amide bonds. The van der Waals surface area contributed by atoms with Gasteiger partial charge in [-0.3, -0.25) is 4.79 Å². The van der Waals surface area contributed by atoms with Gasteiger partial charge in [-0.25, -0.2) is 4.79 Å². The van der Waals surface area contributed by atoms with Crippen molar-refractivity contribution in [3.8, 4) is 0 Å². The topological polar surface area (TPSA) is 46.6 Å². The van der Waals surface area contributed by atoms with Gasteiger partial charge in [0.2, 0.25) is 5.91 Å². The Morgan fingerprint density at radius 2 is 2.00 bits per heavy atom. The average Bonchev–Trinajstić information content (AvgIpc) is 2.31. The number of esters is 1. The second kappa shape index (κ2) is 3.51. The second-order valence-corrected chi connectivity index (χ2v) is 5.23. The van der Waals surface area contributed by atoms with Gasteiger partial charge < -0.3 is 9.64 Å². The van der Waals surface area contributed by atoms with Gasteiger partial charge >= 0.3 is 5.97 Å². The summed E-state index contributed by atoms with van der Waals surface area (Å²) in [4.78, 5) is 24.8. The van der Waals surface area contributed by atoms with Crippen LogP contribution in [0.4, 0.5) is 0 Å². The molecule has 0 aromatic rings. The van der Waals surface area contributed by atoms with Crippen LogP contribution < -0.4 is 0 Å². The third kappa shape index (κ3) is 2.30. The van der Waals surface area contributed by atoms with Crippen LogP contribution in [0.25, 0.3) is 0 Å². The predicted octanol–water partition coefficient (Wildman–Crippen LogP) is 1.34. The number of ether oxygens (including phenoxy) is 1. The average molecular weight is 213 g/mol. The molecule has 1 unspecified atom stereocenters. The smallest absolute Gasteiger partial charge is 0.332 e. The van der Waals surface area contributed by atoms with Crippen LogP contribution in [0.1, 0.15) is 40.5 Å². The van der Waals surface area contributed by atoms with E-state index >= 15 is 0 Å². The minimum Gasteiger partial charge on any atom is -0.458 e. The summed E-state index contributed by atoms with van der Waals surface area (Å²) in [7, 11) is 1.65. The molecule has 15 heavy (non-hydrogen) atoms. The highest BCUT2D eigenvalue weighted by atomic mass is 16.6. The van der Waals surface area contributed by atoms with E-state index in [0.29, 0.717) is 12.8 Å². The zero-order valence-electron chi connectivity index (χ0n) is 10.1. The summed E-state index contributed by atoms with van der Waals surface area (Å²) >= 11 is 0. The number of likely N-dealkylation sites (tertiary alicyclic amines) is 1. The molecule has 1 aliphatic heterocycles. The molecular formula is C11H19NO3.